The van der Waals surface area contributed by atoms with E-state index < -0.39 is 10.0 Å². The van der Waals surface area contributed by atoms with E-state index in [0.717, 1.165) is 23.9 Å². The van der Waals surface area contributed by atoms with E-state index in [0.29, 0.717) is 5.56 Å². The van der Waals surface area contributed by atoms with Gasteiger partial charge in [0.1, 0.15) is 0 Å². The minimum atomic E-state index is -3.48. The topological polar surface area (TPSA) is 66.5 Å². The smallest absolute Gasteiger partial charge is 0.258 e. The van der Waals surface area contributed by atoms with Crippen molar-refractivity contribution in [2.45, 2.75) is 19.4 Å². The summed E-state index contributed by atoms with van der Waals surface area (Å²) in [6.45, 7) is 1.99. The third-order valence-electron chi connectivity index (χ3n) is 3.93. The molecule has 3 rings (SSSR count). The van der Waals surface area contributed by atoms with E-state index >= 15 is 0 Å². The summed E-state index contributed by atoms with van der Waals surface area (Å²) >= 11 is 6.02. The lowest BCUT2D eigenvalue weighted by molar-refractivity contribution is 0.0981. The van der Waals surface area contributed by atoms with Crippen LogP contribution in [0.25, 0.3) is 0 Å². The van der Waals surface area contributed by atoms with E-state index in [1.807, 2.05) is 31.2 Å². The Morgan fingerprint density at radius 3 is 2.67 bits per heavy atom. The highest BCUT2D eigenvalue weighted by molar-refractivity contribution is 7.92. The molecule has 0 bridgehead atoms. The Morgan fingerprint density at radius 1 is 1.25 bits per heavy atom. The summed E-state index contributed by atoms with van der Waals surface area (Å²) in [6.07, 6.45) is 1.83. The molecule has 1 heterocycles. The maximum Gasteiger partial charge on any atom is 0.258 e. The average molecular weight is 365 g/mol. The Labute approximate surface area is 146 Å². The zero-order valence-electron chi connectivity index (χ0n) is 13.3. The number of rotatable bonds is 3. The summed E-state index contributed by atoms with van der Waals surface area (Å²) in [5, 5.41) is 0.242. The maximum absolute atomic E-state index is 13.0. The number of hydrogen-bond donors (Lipinski definition) is 1. The molecular formula is C17H17ClN2O3S. The molecule has 5 nitrogen and oxygen atoms in total. The number of halogens is 1. The lowest BCUT2D eigenvalue weighted by Gasteiger charge is -2.23. The molecule has 1 atom stereocenters. The van der Waals surface area contributed by atoms with Gasteiger partial charge in [0.25, 0.3) is 5.91 Å². The van der Waals surface area contributed by atoms with Gasteiger partial charge in [-0.3, -0.25) is 9.52 Å². The van der Waals surface area contributed by atoms with Crippen molar-refractivity contribution in [2.75, 3.05) is 15.9 Å². The maximum atomic E-state index is 13.0. The number of benzene rings is 2. The van der Waals surface area contributed by atoms with E-state index in [1.54, 1.807) is 11.0 Å². The summed E-state index contributed by atoms with van der Waals surface area (Å²) in [5.41, 5.74) is 2.60. The number of carbonyl (C=O) groups is 1. The molecule has 0 aliphatic carbocycles. The van der Waals surface area contributed by atoms with Crippen molar-refractivity contribution in [3.05, 3.63) is 58.6 Å². The number of carbonyl (C=O) groups excluding carboxylic acids is 1. The van der Waals surface area contributed by atoms with Crippen LogP contribution >= 0.6 is 11.6 Å². The van der Waals surface area contributed by atoms with Gasteiger partial charge in [0.05, 0.1) is 17.0 Å². The molecule has 7 heteroatoms. The first-order chi connectivity index (χ1) is 11.3. The van der Waals surface area contributed by atoms with Gasteiger partial charge in [-0.05, 0) is 43.2 Å². The molecule has 1 aliphatic heterocycles. The summed E-state index contributed by atoms with van der Waals surface area (Å²) < 4.78 is 25.2. The number of nitrogens with zero attached hydrogens (tertiary/aromatic N) is 1. The number of amides is 1. The average Bonchev–Trinajstić information content (AvgIpc) is 2.83. The number of fused-ring (bicyclic) bond motifs is 1. The van der Waals surface area contributed by atoms with Gasteiger partial charge in [0.15, 0.2) is 0 Å². The number of para-hydroxylation sites is 1. The molecule has 2 aromatic carbocycles. The SMILES string of the molecule is CC1Cc2ccccc2N1C(=O)c1ccc(Cl)c(NS(C)(=O)=O)c1. The molecule has 0 fully saturated rings. The lowest BCUT2D eigenvalue weighted by atomic mass is 10.1. The van der Waals surface area contributed by atoms with Crippen LogP contribution < -0.4 is 9.62 Å². The Hall–Kier alpha value is -2.05. The first-order valence-electron chi connectivity index (χ1n) is 7.45. The quantitative estimate of drug-likeness (QED) is 0.908. The van der Waals surface area contributed by atoms with E-state index in [-0.39, 0.29) is 22.7 Å². The van der Waals surface area contributed by atoms with Gasteiger partial charge in [0, 0.05) is 17.3 Å². The minimum Gasteiger partial charge on any atom is -0.305 e. The van der Waals surface area contributed by atoms with Crippen LogP contribution in [0, 0.1) is 0 Å². The molecule has 24 heavy (non-hydrogen) atoms. The van der Waals surface area contributed by atoms with Crippen molar-refractivity contribution in [2.24, 2.45) is 0 Å². The van der Waals surface area contributed by atoms with Crippen molar-refractivity contribution in [1.82, 2.24) is 0 Å². The van der Waals surface area contributed by atoms with Crippen LogP contribution in [0.2, 0.25) is 5.02 Å². The molecule has 0 aromatic heterocycles. The molecule has 0 saturated carbocycles. The second-order valence-corrected chi connectivity index (χ2v) is 8.08. The van der Waals surface area contributed by atoms with Crippen LogP contribution in [0.5, 0.6) is 0 Å². The molecule has 1 amide bonds. The van der Waals surface area contributed by atoms with Crippen molar-refractivity contribution < 1.29 is 13.2 Å². The van der Waals surface area contributed by atoms with Gasteiger partial charge >= 0.3 is 0 Å². The van der Waals surface area contributed by atoms with Gasteiger partial charge < -0.3 is 4.90 Å². The van der Waals surface area contributed by atoms with Gasteiger partial charge in [-0.25, -0.2) is 8.42 Å². The fraction of sp³-hybridized carbons (Fsp3) is 0.235. The van der Waals surface area contributed by atoms with Crippen LogP contribution in [0.4, 0.5) is 11.4 Å². The van der Waals surface area contributed by atoms with Gasteiger partial charge in [-0.1, -0.05) is 29.8 Å². The molecule has 1 unspecified atom stereocenters. The predicted octanol–water partition coefficient (Wildman–Crippen LogP) is 3.30. The summed E-state index contributed by atoms with van der Waals surface area (Å²) in [6, 6.07) is 12.4. The number of sulfonamides is 1. The molecular weight excluding hydrogens is 348 g/mol. The molecule has 0 spiro atoms. The van der Waals surface area contributed by atoms with Crippen molar-refractivity contribution in [3.8, 4) is 0 Å². The van der Waals surface area contributed by atoms with Crippen molar-refractivity contribution in [3.63, 3.8) is 0 Å². The van der Waals surface area contributed by atoms with E-state index in [4.69, 9.17) is 11.6 Å². The Bertz CT molecular complexity index is 912. The van der Waals surface area contributed by atoms with Crippen LogP contribution in [0.1, 0.15) is 22.8 Å². The first-order valence-corrected chi connectivity index (χ1v) is 9.72. The normalized spacial score (nSPS) is 16.8. The Morgan fingerprint density at radius 2 is 1.96 bits per heavy atom. The highest BCUT2D eigenvalue weighted by atomic mass is 35.5. The first kappa shape index (κ1) is 16.8. The largest absolute Gasteiger partial charge is 0.305 e. The van der Waals surface area contributed by atoms with E-state index in [2.05, 4.69) is 4.72 Å². The van der Waals surface area contributed by atoms with Gasteiger partial charge in [0.2, 0.25) is 10.0 Å². The Balaban J connectivity index is 1.98. The van der Waals surface area contributed by atoms with Crippen LogP contribution in [0.3, 0.4) is 0 Å². The van der Waals surface area contributed by atoms with Crippen LogP contribution in [-0.4, -0.2) is 26.6 Å². The number of hydrogen-bond acceptors (Lipinski definition) is 3. The van der Waals surface area contributed by atoms with Crippen molar-refractivity contribution >= 4 is 38.9 Å². The third-order valence-corrected chi connectivity index (χ3v) is 4.86. The zero-order chi connectivity index (χ0) is 17.5. The van der Waals surface area contributed by atoms with Crippen molar-refractivity contribution in [1.29, 1.82) is 0 Å². The summed E-state index contributed by atoms with van der Waals surface area (Å²) in [5.74, 6) is -0.180. The zero-order valence-corrected chi connectivity index (χ0v) is 14.9. The highest BCUT2D eigenvalue weighted by Crippen LogP contribution is 2.34. The summed E-state index contributed by atoms with van der Waals surface area (Å²) in [7, 11) is -3.48. The van der Waals surface area contributed by atoms with E-state index in [9.17, 15) is 13.2 Å². The fourth-order valence-electron chi connectivity index (χ4n) is 2.95. The van der Waals surface area contributed by atoms with Crippen LogP contribution in [0.15, 0.2) is 42.5 Å². The second kappa shape index (κ2) is 6.11. The fourth-order valence-corrected chi connectivity index (χ4v) is 3.74. The highest BCUT2D eigenvalue weighted by Gasteiger charge is 2.31. The predicted molar refractivity (Wildman–Crippen MR) is 96.3 cm³/mol. The molecule has 0 radical (unpaired) electrons. The lowest BCUT2D eigenvalue weighted by Crippen LogP contribution is -2.35. The molecule has 1 aliphatic rings. The third kappa shape index (κ3) is 3.25. The standard InChI is InChI=1S/C17H17ClN2O3S/c1-11-9-12-5-3-4-6-16(12)20(11)17(21)13-7-8-14(18)15(10-13)19-24(2,22)23/h3-8,10-11,19H,9H2,1-2H3. The second-order valence-electron chi connectivity index (χ2n) is 5.93. The number of nitrogens with one attached hydrogen (secondary N) is 1. The monoisotopic (exact) mass is 364 g/mol. The molecule has 126 valence electrons. The number of anilines is 2. The molecule has 1 N–H and O–H groups in total. The minimum absolute atomic E-state index is 0.0388. The summed E-state index contributed by atoms with van der Waals surface area (Å²) in [4.78, 5) is 14.7. The Kier molecular flexibility index (Phi) is 4.27. The van der Waals surface area contributed by atoms with Gasteiger partial charge in [-0.15, -0.1) is 0 Å². The van der Waals surface area contributed by atoms with E-state index in [1.165, 1.54) is 12.1 Å². The van der Waals surface area contributed by atoms with Gasteiger partial charge in [-0.2, -0.15) is 0 Å². The molecule has 2 aromatic rings. The van der Waals surface area contributed by atoms with Crippen LogP contribution in [-0.2, 0) is 16.4 Å². The molecule has 0 saturated heterocycles.